The van der Waals surface area contributed by atoms with Crippen molar-refractivity contribution in [1.82, 2.24) is 18.8 Å². The summed E-state index contributed by atoms with van der Waals surface area (Å²) in [6, 6.07) is 4.77. The van der Waals surface area contributed by atoms with Crippen LogP contribution in [0.15, 0.2) is 44.7 Å². The molecule has 4 rings (SSSR count). The van der Waals surface area contributed by atoms with Gasteiger partial charge in [0.05, 0.1) is 17.0 Å². The molecule has 154 valence electrons. The van der Waals surface area contributed by atoms with Crippen LogP contribution in [0, 0.1) is 12.8 Å². The van der Waals surface area contributed by atoms with Crippen molar-refractivity contribution in [2.24, 2.45) is 13.0 Å². The zero-order valence-electron chi connectivity index (χ0n) is 16.2. The Labute approximate surface area is 168 Å². The topological polar surface area (TPSA) is 108 Å². The Balaban J connectivity index is 1.50. The normalized spacial score (nSPS) is 18.2. The number of benzene rings is 1. The minimum absolute atomic E-state index is 0.0467. The van der Waals surface area contributed by atoms with Gasteiger partial charge in [0.25, 0.3) is 0 Å². The third-order valence-electron chi connectivity index (χ3n) is 5.09. The van der Waals surface area contributed by atoms with Crippen molar-refractivity contribution >= 4 is 21.1 Å². The van der Waals surface area contributed by atoms with Gasteiger partial charge in [0.2, 0.25) is 10.0 Å². The average molecular weight is 418 g/mol. The highest BCUT2D eigenvalue weighted by Crippen LogP contribution is 2.26. The fourth-order valence-corrected chi connectivity index (χ4v) is 5.02. The van der Waals surface area contributed by atoms with Crippen LogP contribution >= 0.6 is 0 Å². The Bertz CT molecular complexity index is 1180. The Morgan fingerprint density at radius 2 is 2.03 bits per heavy atom. The van der Waals surface area contributed by atoms with Crippen LogP contribution in [-0.4, -0.2) is 47.0 Å². The summed E-state index contributed by atoms with van der Waals surface area (Å²) in [7, 11) is -2.15. The molecule has 1 aliphatic rings. The summed E-state index contributed by atoms with van der Waals surface area (Å²) in [5, 5.41) is 0. The summed E-state index contributed by atoms with van der Waals surface area (Å²) in [6.45, 7) is 3.05. The second kappa shape index (κ2) is 7.60. The minimum Gasteiger partial charge on any atom is -0.463 e. The molecule has 0 saturated carbocycles. The number of aromatic nitrogens is 3. The van der Waals surface area contributed by atoms with Gasteiger partial charge >= 0.3 is 11.8 Å². The number of piperidine rings is 1. The third kappa shape index (κ3) is 3.90. The molecular formula is C19H22N4O5S. The lowest BCUT2D eigenvalue weighted by Crippen LogP contribution is -2.41. The smallest absolute Gasteiger partial charge is 0.419 e. The second-order valence-electron chi connectivity index (χ2n) is 7.28. The fourth-order valence-electron chi connectivity index (χ4n) is 3.44. The molecule has 1 aliphatic heterocycles. The third-order valence-corrected chi connectivity index (χ3v) is 6.95. The van der Waals surface area contributed by atoms with Crippen LogP contribution < -0.4 is 10.5 Å². The molecule has 0 spiro atoms. The summed E-state index contributed by atoms with van der Waals surface area (Å²) in [6.07, 6.45) is 4.97. The lowest BCUT2D eigenvalue weighted by molar-refractivity contribution is 0.171. The maximum absolute atomic E-state index is 13.1. The summed E-state index contributed by atoms with van der Waals surface area (Å²) in [5.41, 5.74) is 1.75. The van der Waals surface area contributed by atoms with E-state index in [1.807, 2.05) is 6.92 Å². The monoisotopic (exact) mass is 418 g/mol. The standard InChI is InChI=1S/C19H22N4O5S/c1-13-9-20-18(21-10-13)27-12-14-4-3-7-23(11-14)29(25,26)15-5-6-17-16(8-15)22(2)19(24)28-17/h5-6,8-10,14H,3-4,7,11-12H2,1-2H3. The van der Waals surface area contributed by atoms with Crippen molar-refractivity contribution in [3.63, 3.8) is 0 Å². The van der Waals surface area contributed by atoms with Gasteiger partial charge in [-0.15, -0.1) is 0 Å². The second-order valence-corrected chi connectivity index (χ2v) is 9.22. The van der Waals surface area contributed by atoms with Crippen LogP contribution in [-0.2, 0) is 17.1 Å². The minimum atomic E-state index is -3.69. The van der Waals surface area contributed by atoms with Gasteiger partial charge < -0.3 is 9.15 Å². The zero-order chi connectivity index (χ0) is 20.6. The lowest BCUT2D eigenvalue weighted by Gasteiger charge is -2.31. The highest BCUT2D eigenvalue weighted by atomic mass is 32.2. The summed E-state index contributed by atoms with van der Waals surface area (Å²) < 4.78 is 39.8. The predicted molar refractivity (Wildman–Crippen MR) is 105 cm³/mol. The average Bonchev–Trinajstić information content (AvgIpc) is 3.01. The Morgan fingerprint density at radius 3 is 2.79 bits per heavy atom. The number of rotatable bonds is 5. The van der Waals surface area contributed by atoms with Crippen LogP contribution in [0.2, 0.25) is 0 Å². The van der Waals surface area contributed by atoms with E-state index in [0.29, 0.717) is 36.8 Å². The molecule has 1 atom stereocenters. The fraction of sp³-hybridized carbons (Fsp3) is 0.421. The first-order chi connectivity index (χ1) is 13.8. The predicted octanol–water partition coefficient (Wildman–Crippen LogP) is 1.71. The number of hydrogen-bond donors (Lipinski definition) is 0. The van der Waals surface area contributed by atoms with E-state index >= 15 is 0 Å². The van der Waals surface area contributed by atoms with Crippen LogP contribution in [0.5, 0.6) is 6.01 Å². The first-order valence-corrected chi connectivity index (χ1v) is 10.8. The van der Waals surface area contributed by atoms with Gasteiger partial charge in [-0.1, -0.05) is 0 Å². The Hall–Kier alpha value is -2.72. The van der Waals surface area contributed by atoms with E-state index in [1.54, 1.807) is 19.4 Å². The molecule has 0 amide bonds. The van der Waals surface area contributed by atoms with E-state index in [4.69, 9.17) is 9.15 Å². The quantitative estimate of drug-likeness (QED) is 0.621. The van der Waals surface area contributed by atoms with Gasteiger partial charge in [-0.3, -0.25) is 4.57 Å². The van der Waals surface area contributed by atoms with Gasteiger partial charge in [-0.2, -0.15) is 4.31 Å². The number of sulfonamides is 1. The van der Waals surface area contributed by atoms with E-state index in [-0.39, 0.29) is 10.8 Å². The van der Waals surface area contributed by atoms with E-state index in [9.17, 15) is 13.2 Å². The van der Waals surface area contributed by atoms with Gasteiger partial charge in [0.15, 0.2) is 5.58 Å². The number of nitrogens with zero attached hydrogens (tertiary/aromatic N) is 4. The largest absolute Gasteiger partial charge is 0.463 e. The van der Waals surface area contributed by atoms with Gasteiger partial charge in [-0.05, 0) is 43.5 Å². The molecule has 0 N–H and O–H groups in total. The van der Waals surface area contributed by atoms with Crippen molar-refractivity contribution in [3.8, 4) is 6.01 Å². The zero-order valence-corrected chi connectivity index (χ0v) is 17.1. The van der Waals surface area contributed by atoms with Gasteiger partial charge in [0, 0.05) is 38.4 Å². The highest BCUT2D eigenvalue weighted by Gasteiger charge is 2.31. The number of hydrogen-bond acceptors (Lipinski definition) is 7. The van der Waals surface area contributed by atoms with E-state index in [1.165, 1.54) is 27.1 Å². The van der Waals surface area contributed by atoms with Crippen LogP contribution in [0.3, 0.4) is 0 Å². The molecule has 1 saturated heterocycles. The van der Waals surface area contributed by atoms with Crippen molar-refractivity contribution < 1.29 is 17.6 Å². The van der Waals surface area contributed by atoms with Gasteiger partial charge in [-0.25, -0.2) is 23.2 Å². The molecular weight excluding hydrogens is 396 g/mol. The molecule has 0 radical (unpaired) electrons. The molecule has 2 aromatic heterocycles. The molecule has 1 aromatic carbocycles. The summed E-state index contributed by atoms with van der Waals surface area (Å²) in [4.78, 5) is 20.0. The van der Waals surface area contributed by atoms with Crippen molar-refractivity contribution in [2.75, 3.05) is 19.7 Å². The van der Waals surface area contributed by atoms with E-state index < -0.39 is 15.8 Å². The summed E-state index contributed by atoms with van der Waals surface area (Å²) >= 11 is 0. The lowest BCUT2D eigenvalue weighted by atomic mass is 10.0. The first-order valence-electron chi connectivity index (χ1n) is 9.36. The molecule has 1 unspecified atom stereocenters. The van der Waals surface area contributed by atoms with Crippen LogP contribution in [0.25, 0.3) is 11.1 Å². The first kappa shape index (κ1) is 19.6. The number of ether oxygens (including phenoxy) is 1. The molecule has 9 nitrogen and oxygen atoms in total. The van der Waals surface area contributed by atoms with Gasteiger partial charge in [0.1, 0.15) is 0 Å². The van der Waals surface area contributed by atoms with Crippen molar-refractivity contribution in [3.05, 3.63) is 46.7 Å². The van der Waals surface area contributed by atoms with E-state index in [0.717, 1.165) is 18.4 Å². The number of fused-ring (bicyclic) bond motifs is 1. The van der Waals surface area contributed by atoms with Crippen LogP contribution in [0.1, 0.15) is 18.4 Å². The SMILES string of the molecule is Cc1cnc(OCC2CCCN(S(=O)(=O)c3ccc4oc(=O)n(C)c4c3)C2)nc1. The molecule has 3 heterocycles. The molecule has 0 aliphatic carbocycles. The molecule has 10 heteroatoms. The maximum atomic E-state index is 13.1. The molecule has 1 fully saturated rings. The van der Waals surface area contributed by atoms with Crippen molar-refractivity contribution in [2.45, 2.75) is 24.7 Å². The van der Waals surface area contributed by atoms with E-state index in [2.05, 4.69) is 9.97 Å². The maximum Gasteiger partial charge on any atom is 0.419 e. The summed E-state index contributed by atoms with van der Waals surface area (Å²) in [5.74, 6) is -0.478. The number of oxazole rings is 1. The van der Waals surface area contributed by atoms with Crippen molar-refractivity contribution in [1.29, 1.82) is 0 Å². The molecule has 29 heavy (non-hydrogen) atoms. The van der Waals surface area contributed by atoms with Crippen LogP contribution in [0.4, 0.5) is 0 Å². The highest BCUT2D eigenvalue weighted by molar-refractivity contribution is 7.89. The molecule has 0 bridgehead atoms. The Morgan fingerprint density at radius 1 is 1.28 bits per heavy atom. The molecule has 3 aromatic rings. The number of aryl methyl sites for hydroxylation is 2. The Kier molecular flexibility index (Phi) is 5.13.